The van der Waals surface area contributed by atoms with Crippen LogP contribution in [-0.4, -0.2) is 35.4 Å². The molecule has 1 aromatic carbocycles. The quantitative estimate of drug-likeness (QED) is 0.445. The van der Waals surface area contributed by atoms with Crippen molar-refractivity contribution in [1.29, 1.82) is 0 Å². The summed E-state index contributed by atoms with van der Waals surface area (Å²) in [5.74, 6) is -0.632. The molecule has 0 aromatic heterocycles. The van der Waals surface area contributed by atoms with Crippen molar-refractivity contribution in [3.63, 3.8) is 0 Å². The SMILES string of the molecule is CCC(CBr)CN1C(=O)c2ccc([N+](=O)[O-])cc2S1(=O)=O. The van der Waals surface area contributed by atoms with Crippen LogP contribution >= 0.6 is 15.9 Å². The molecule has 0 N–H and O–H groups in total. The van der Waals surface area contributed by atoms with Crippen molar-refractivity contribution in [3.8, 4) is 0 Å². The summed E-state index contributed by atoms with van der Waals surface area (Å²) in [6.07, 6.45) is 0.709. The van der Waals surface area contributed by atoms with E-state index in [0.29, 0.717) is 11.8 Å². The Morgan fingerprint density at radius 1 is 1.43 bits per heavy atom. The number of hydrogen-bond donors (Lipinski definition) is 0. The number of alkyl halides is 1. The van der Waals surface area contributed by atoms with Crippen LogP contribution in [0, 0.1) is 16.0 Å². The van der Waals surface area contributed by atoms with Gasteiger partial charge in [-0.15, -0.1) is 0 Å². The number of carbonyl (C=O) groups is 1. The molecule has 1 heterocycles. The predicted octanol–water partition coefficient (Wildman–Crippen LogP) is 2.16. The second-order valence-corrected chi connectivity index (χ2v) is 7.19. The van der Waals surface area contributed by atoms with Gasteiger partial charge in [0.1, 0.15) is 4.90 Å². The monoisotopic (exact) mass is 376 g/mol. The second kappa shape index (κ2) is 5.72. The molecule has 0 saturated heterocycles. The van der Waals surface area contributed by atoms with Crippen molar-refractivity contribution in [2.75, 3.05) is 11.9 Å². The number of amides is 1. The van der Waals surface area contributed by atoms with Crippen molar-refractivity contribution in [1.82, 2.24) is 4.31 Å². The minimum absolute atomic E-state index is 0.00646. The summed E-state index contributed by atoms with van der Waals surface area (Å²) in [7, 11) is -4.01. The maximum atomic E-state index is 12.4. The maximum absolute atomic E-state index is 12.4. The lowest BCUT2D eigenvalue weighted by Crippen LogP contribution is -2.35. The third-order valence-electron chi connectivity index (χ3n) is 3.42. The van der Waals surface area contributed by atoms with Gasteiger partial charge in [-0.25, -0.2) is 12.7 Å². The number of nitro benzene ring substituents is 1. The third-order valence-corrected chi connectivity index (χ3v) is 6.12. The average Bonchev–Trinajstić information content (AvgIpc) is 2.64. The zero-order valence-electron chi connectivity index (χ0n) is 11.2. The molecule has 1 amide bonds. The highest BCUT2D eigenvalue weighted by molar-refractivity contribution is 9.09. The van der Waals surface area contributed by atoms with Gasteiger partial charge in [0, 0.05) is 24.0 Å². The van der Waals surface area contributed by atoms with E-state index < -0.39 is 20.9 Å². The highest BCUT2D eigenvalue weighted by Crippen LogP contribution is 2.33. The maximum Gasteiger partial charge on any atom is 0.270 e. The first-order chi connectivity index (χ1) is 9.82. The summed E-state index contributed by atoms with van der Waals surface area (Å²) in [4.78, 5) is 22.0. The fraction of sp³-hybridized carbons (Fsp3) is 0.417. The fourth-order valence-corrected chi connectivity index (χ4v) is 4.41. The van der Waals surface area contributed by atoms with E-state index >= 15 is 0 Å². The number of nitro groups is 1. The van der Waals surface area contributed by atoms with Crippen LogP contribution in [0.3, 0.4) is 0 Å². The summed E-state index contributed by atoms with van der Waals surface area (Å²) in [5, 5.41) is 11.3. The van der Waals surface area contributed by atoms with E-state index in [9.17, 15) is 23.3 Å². The Kier molecular flexibility index (Phi) is 4.33. The number of non-ortho nitro benzene ring substituents is 1. The standard InChI is InChI=1S/C12H13BrN2O5S/c1-2-8(6-13)7-14-12(16)10-4-3-9(15(17)18)5-11(10)21(14,19)20/h3-5,8H,2,6-7H2,1H3. The van der Waals surface area contributed by atoms with E-state index in [1.807, 2.05) is 6.92 Å². The number of nitrogens with zero attached hydrogens (tertiary/aromatic N) is 2. The molecule has 0 radical (unpaired) electrons. The molecule has 2 rings (SSSR count). The molecule has 1 unspecified atom stereocenters. The van der Waals surface area contributed by atoms with Crippen LogP contribution in [0.1, 0.15) is 23.7 Å². The second-order valence-electron chi connectivity index (χ2n) is 4.71. The van der Waals surface area contributed by atoms with Gasteiger partial charge >= 0.3 is 0 Å². The van der Waals surface area contributed by atoms with Crippen molar-refractivity contribution in [3.05, 3.63) is 33.9 Å². The smallest absolute Gasteiger partial charge is 0.268 e. The van der Waals surface area contributed by atoms with Gasteiger partial charge in [0.2, 0.25) is 0 Å². The predicted molar refractivity (Wildman–Crippen MR) is 78.9 cm³/mol. The molecule has 1 aromatic rings. The first-order valence-electron chi connectivity index (χ1n) is 6.24. The first-order valence-corrected chi connectivity index (χ1v) is 8.80. The molecule has 9 heteroatoms. The Balaban J connectivity index is 2.47. The molecule has 0 bridgehead atoms. The summed E-state index contributed by atoms with van der Waals surface area (Å²) in [5.41, 5.74) is -0.357. The fourth-order valence-electron chi connectivity index (χ4n) is 2.08. The Bertz CT molecular complexity index is 700. The molecule has 0 fully saturated rings. The van der Waals surface area contributed by atoms with Crippen molar-refractivity contribution < 1.29 is 18.1 Å². The Morgan fingerprint density at radius 2 is 2.10 bits per heavy atom. The lowest BCUT2D eigenvalue weighted by atomic mass is 10.1. The average molecular weight is 377 g/mol. The van der Waals surface area contributed by atoms with Crippen LogP contribution in [0.2, 0.25) is 0 Å². The lowest BCUT2D eigenvalue weighted by molar-refractivity contribution is -0.385. The van der Waals surface area contributed by atoms with Crippen LogP contribution < -0.4 is 0 Å². The highest BCUT2D eigenvalue weighted by atomic mass is 79.9. The summed E-state index contributed by atoms with van der Waals surface area (Å²) < 4.78 is 25.6. The molecule has 1 aliphatic heterocycles. The summed E-state index contributed by atoms with van der Waals surface area (Å²) in [6.45, 7) is 1.96. The van der Waals surface area contributed by atoms with Gasteiger partial charge in [0.05, 0.1) is 10.5 Å². The van der Waals surface area contributed by atoms with Crippen LogP contribution in [0.15, 0.2) is 23.1 Å². The Hall–Kier alpha value is -1.48. The Labute approximate surface area is 130 Å². The van der Waals surface area contributed by atoms with Crippen LogP contribution in [0.4, 0.5) is 5.69 Å². The Morgan fingerprint density at radius 3 is 2.62 bits per heavy atom. The van der Waals surface area contributed by atoms with Gasteiger partial charge in [-0.05, 0) is 12.0 Å². The van der Waals surface area contributed by atoms with E-state index in [2.05, 4.69) is 15.9 Å². The number of hydrogen-bond acceptors (Lipinski definition) is 5. The highest BCUT2D eigenvalue weighted by Gasteiger charge is 2.42. The number of sulfonamides is 1. The summed E-state index contributed by atoms with van der Waals surface area (Å²) in [6, 6.07) is 3.28. The van der Waals surface area contributed by atoms with Crippen LogP contribution in [0.25, 0.3) is 0 Å². The van der Waals surface area contributed by atoms with E-state index in [-0.39, 0.29) is 28.6 Å². The van der Waals surface area contributed by atoms with E-state index in [4.69, 9.17) is 0 Å². The minimum Gasteiger partial charge on any atom is -0.268 e. The minimum atomic E-state index is -4.01. The number of benzene rings is 1. The topological polar surface area (TPSA) is 97.6 Å². The van der Waals surface area contributed by atoms with Gasteiger partial charge in [-0.2, -0.15) is 0 Å². The first kappa shape index (κ1) is 15.9. The molecule has 1 atom stereocenters. The number of carbonyl (C=O) groups excluding carboxylic acids is 1. The number of halogens is 1. The van der Waals surface area contributed by atoms with Gasteiger partial charge in [0.25, 0.3) is 21.6 Å². The van der Waals surface area contributed by atoms with Gasteiger partial charge in [-0.1, -0.05) is 29.3 Å². The van der Waals surface area contributed by atoms with E-state index in [1.165, 1.54) is 6.07 Å². The van der Waals surface area contributed by atoms with Crippen molar-refractivity contribution in [2.24, 2.45) is 5.92 Å². The molecule has 7 nitrogen and oxygen atoms in total. The summed E-state index contributed by atoms with van der Waals surface area (Å²) >= 11 is 3.28. The number of fused-ring (bicyclic) bond motifs is 1. The van der Waals surface area contributed by atoms with E-state index in [1.54, 1.807) is 0 Å². The van der Waals surface area contributed by atoms with Crippen LogP contribution in [0.5, 0.6) is 0 Å². The lowest BCUT2D eigenvalue weighted by Gasteiger charge is -2.20. The van der Waals surface area contributed by atoms with Gasteiger partial charge in [0.15, 0.2) is 0 Å². The molecule has 21 heavy (non-hydrogen) atoms. The normalized spacial score (nSPS) is 17.6. The number of rotatable bonds is 5. The van der Waals surface area contributed by atoms with Gasteiger partial charge < -0.3 is 0 Å². The largest absolute Gasteiger partial charge is 0.270 e. The molecule has 0 aliphatic carbocycles. The zero-order valence-corrected chi connectivity index (χ0v) is 13.6. The zero-order chi connectivity index (χ0) is 15.8. The molecular formula is C12H13BrN2O5S. The van der Waals surface area contributed by atoms with Crippen LogP contribution in [-0.2, 0) is 10.0 Å². The van der Waals surface area contributed by atoms with Crippen molar-refractivity contribution in [2.45, 2.75) is 18.2 Å². The molecular weight excluding hydrogens is 364 g/mol. The van der Waals surface area contributed by atoms with E-state index in [0.717, 1.165) is 16.4 Å². The van der Waals surface area contributed by atoms with Gasteiger partial charge in [-0.3, -0.25) is 14.9 Å². The molecule has 1 aliphatic rings. The molecule has 0 spiro atoms. The van der Waals surface area contributed by atoms with Crippen molar-refractivity contribution >= 4 is 37.5 Å². The molecule has 114 valence electrons. The third kappa shape index (κ3) is 2.67. The molecule has 0 saturated carbocycles.